The van der Waals surface area contributed by atoms with Crippen molar-refractivity contribution in [2.75, 3.05) is 31.6 Å². The van der Waals surface area contributed by atoms with E-state index in [1.54, 1.807) is 18.5 Å². The number of aliphatic hydroxyl groups is 1. The number of halogens is 2. The Kier molecular flexibility index (Phi) is 8.09. The van der Waals surface area contributed by atoms with Crippen molar-refractivity contribution < 1.29 is 24.5 Å². The number of likely N-dealkylation sites (tertiary alicyclic amines) is 1. The van der Waals surface area contributed by atoms with Crippen LogP contribution in [-0.4, -0.2) is 74.2 Å². The van der Waals surface area contributed by atoms with Crippen LogP contribution < -0.4 is 5.32 Å². The van der Waals surface area contributed by atoms with Gasteiger partial charge in [-0.25, -0.2) is 4.39 Å². The lowest BCUT2D eigenvalue weighted by Crippen LogP contribution is -2.43. The van der Waals surface area contributed by atoms with Gasteiger partial charge in [0.2, 0.25) is 0 Å². The number of carbonyl (C=O) groups is 1. The molecular formula is C21H23ClFN5O4. The lowest BCUT2D eigenvalue weighted by Gasteiger charge is -2.33. The summed E-state index contributed by atoms with van der Waals surface area (Å²) < 4.78 is 14.5. The van der Waals surface area contributed by atoms with Crippen molar-refractivity contribution in [3.8, 4) is 17.0 Å². The van der Waals surface area contributed by atoms with E-state index in [2.05, 4.69) is 25.4 Å². The van der Waals surface area contributed by atoms with Crippen LogP contribution >= 0.6 is 11.6 Å². The average molecular weight is 464 g/mol. The molecule has 1 saturated heterocycles. The van der Waals surface area contributed by atoms with E-state index in [9.17, 15) is 14.6 Å². The minimum absolute atomic E-state index is 0.0450. The van der Waals surface area contributed by atoms with Gasteiger partial charge in [-0.1, -0.05) is 11.6 Å². The van der Waals surface area contributed by atoms with Gasteiger partial charge in [0, 0.05) is 47.3 Å². The van der Waals surface area contributed by atoms with Gasteiger partial charge >= 0.3 is 0 Å². The first-order valence-corrected chi connectivity index (χ1v) is 10.3. The van der Waals surface area contributed by atoms with Gasteiger partial charge in [0.25, 0.3) is 6.47 Å². The first-order chi connectivity index (χ1) is 15.5. The third kappa shape index (κ3) is 5.39. The molecular weight excluding hydrogens is 441 g/mol. The number of fused-ring (bicyclic) bond motifs is 1. The first-order valence-electron chi connectivity index (χ1n) is 9.94. The molecule has 1 aromatic carbocycles. The van der Waals surface area contributed by atoms with Crippen LogP contribution in [0.4, 0.5) is 10.2 Å². The van der Waals surface area contributed by atoms with Crippen LogP contribution in [-0.2, 0) is 4.79 Å². The highest BCUT2D eigenvalue weighted by Gasteiger charge is 2.23. The molecule has 4 N–H and O–H groups in total. The molecule has 0 aliphatic carbocycles. The normalized spacial score (nSPS) is 16.3. The number of β-amino-alcohol motifs (C(OH)–C–C–N with tert-alkyl or cyclic N) is 1. The van der Waals surface area contributed by atoms with Gasteiger partial charge < -0.3 is 20.6 Å². The molecule has 0 spiro atoms. The molecule has 4 rings (SSSR count). The van der Waals surface area contributed by atoms with Crippen LogP contribution in [0.25, 0.3) is 22.0 Å². The molecule has 1 atom stereocenters. The second-order valence-corrected chi connectivity index (χ2v) is 7.65. The van der Waals surface area contributed by atoms with Crippen LogP contribution in [0, 0.1) is 5.82 Å². The Balaban J connectivity index is 0.000000913. The molecule has 1 aliphatic heterocycles. The molecule has 9 nitrogen and oxygen atoms in total. The highest BCUT2D eigenvalue weighted by atomic mass is 35.5. The summed E-state index contributed by atoms with van der Waals surface area (Å²) in [6.07, 6.45) is 5.23. The molecule has 1 aliphatic rings. The summed E-state index contributed by atoms with van der Waals surface area (Å²) in [5, 5.41) is 39.6. The maximum atomic E-state index is 14.5. The van der Waals surface area contributed by atoms with E-state index < -0.39 is 5.82 Å². The quantitative estimate of drug-likeness (QED) is 0.421. The van der Waals surface area contributed by atoms with Crippen molar-refractivity contribution in [3.63, 3.8) is 0 Å². The van der Waals surface area contributed by atoms with Crippen LogP contribution in [0.5, 0.6) is 5.75 Å². The average Bonchev–Trinajstić information content (AvgIpc) is 2.75. The fourth-order valence-electron chi connectivity index (χ4n) is 3.79. The Bertz CT molecular complexity index is 1060. The van der Waals surface area contributed by atoms with Crippen molar-refractivity contribution in [2.45, 2.75) is 18.9 Å². The Morgan fingerprint density at radius 1 is 1.31 bits per heavy atom. The van der Waals surface area contributed by atoms with Crippen LogP contribution in [0.1, 0.15) is 12.8 Å². The number of nitrogens with zero attached hydrogens (tertiary/aromatic N) is 4. The number of aromatic hydroxyl groups is 1. The maximum Gasteiger partial charge on any atom is 0.290 e. The Labute approximate surface area is 188 Å². The molecule has 1 fully saturated rings. The van der Waals surface area contributed by atoms with E-state index in [-0.39, 0.29) is 41.2 Å². The topological polar surface area (TPSA) is 132 Å². The highest BCUT2D eigenvalue weighted by Crippen LogP contribution is 2.37. The molecule has 0 radical (unpaired) electrons. The summed E-state index contributed by atoms with van der Waals surface area (Å²) in [4.78, 5) is 14.7. The number of hydrogen-bond donors (Lipinski definition) is 4. The third-order valence-corrected chi connectivity index (χ3v) is 5.33. The second kappa shape index (κ2) is 11.0. The highest BCUT2D eigenvalue weighted by molar-refractivity contribution is 6.30. The number of carboxylic acid groups (broad SMARTS) is 1. The molecule has 3 heterocycles. The number of anilines is 1. The summed E-state index contributed by atoms with van der Waals surface area (Å²) >= 11 is 5.82. The van der Waals surface area contributed by atoms with Crippen molar-refractivity contribution in [3.05, 3.63) is 41.4 Å². The summed E-state index contributed by atoms with van der Waals surface area (Å²) in [5.74, 6) is -0.411. The second-order valence-electron chi connectivity index (χ2n) is 7.21. The fraction of sp³-hybridized carbons (Fsp3) is 0.333. The summed E-state index contributed by atoms with van der Waals surface area (Å²) in [5.41, 5.74) is 0.182. The van der Waals surface area contributed by atoms with Crippen LogP contribution in [0.3, 0.4) is 0 Å². The minimum atomic E-state index is -0.671. The summed E-state index contributed by atoms with van der Waals surface area (Å²) in [7, 11) is 0. The van der Waals surface area contributed by atoms with Gasteiger partial charge in [0.05, 0.1) is 12.2 Å². The Morgan fingerprint density at radius 2 is 2.09 bits per heavy atom. The predicted molar refractivity (Wildman–Crippen MR) is 118 cm³/mol. The maximum absolute atomic E-state index is 14.5. The van der Waals surface area contributed by atoms with E-state index in [0.717, 1.165) is 32.0 Å². The van der Waals surface area contributed by atoms with Crippen molar-refractivity contribution in [1.29, 1.82) is 0 Å². The Morgan fingerprint density at radius 3 is 2.81 bits per heavy atom. The molecule has 0 saturated carbocycles. The van der Waals surface area contributed by atoms with Gasteiger partial charge in [-0.15, -0.1) is 10.2 Å². The monoisotopic (exact) mass is 463 g/mol. The number of phenolic OH excluding ortho intramolecular Hbond substituents is 1. The van der Waals surface area contributed by atoms with Gasteiger partial charge in [-0.05, 0) is 37.6 Å². The largest absolute Gasteiger partial charge is 0.507 e. The summed E-state index contributed by atoms with van der Waals surface area (Å²) in [6, 6.07) is 4.28. The molecule has 170 valence electrons. The van der Waals surface area contributed by atoms with E-state index >= 15 is 0 Å². The smallest absolute Gasteiger partial charge is 0.290 e. The molecule has 3 aromatic rings. The van der Waals surface area contributed by atoms with E-state index in [4.69, 9.17) is 21.5 Å². The number of benzene rings is 1. The van der Waals surface area contributed by atoms with Crippen LogP contribution in [0.15, 0.2) is 30.6 Å². The van der Waals surface area contributed by atoms with Gasteiger partial charge in [0.1, 0.15) is 17.3 Å². The number of piperidine rings is 1. The van der Waals surface area contributed by atoms with Gasteiger partial charge in [-0.3, -0.25) is 14.7 Å². The van der Waals surface area contributed by atoms with Gasteiger partial charge in [0.15, 0.2) is 5.82 Å². The zero-order chi connectivity index (χ0) is 23.1. The number of rotatable bonds is 5. The zero-order valence-electron chi connectivity index (χ0n) is 17.1. The number of phenols is 1. The molecule has 11 heteroatoms. The standard InChI is InChI=1S/C20H21ClFN5O2.CH2O2/c21-12-8-16(22)18(17(29)9-12)19-14-3-4-23-10-15(14)20(26-25-19)24-13-2-1-5-27(11-13)6-7-28;2-1-3/h3-4,8-10,13,28-29H,1-2,5-7,11H2,(H,24,26);1H,(H,2,3)/t13-;/m1./s1. The number of aliphatic hydroxyl groups excluding tert-OH is 1. The SMILES string of the molecule is O=CO.OCCN1CCC[C@@H](Nc2nnc(-c3c(O)cc(Cl)cc3F)c3ccncc23)C1. The van der Waals surface area contributed by atoms with Crippen molar-refractivity contribution in [2.24, 2.45) is 0 Å². The molecule has 0 amide bonds. The number of aromatic nitrogens is 3. The van der Waals surface area contributed by atoms with Crippen molar-refractivity contribution in [1.82, 2.24) is 20.1 Å². The minimum Gasteiger partial charge on any atom is -0.507 e. The lowest BCUT2D eigenvalue weighted by molar-refractivity contribution is -0.122. The summed E-state index contributed by atoms with van der Waals surface area (Å²) in [6.45, 7) is 2.27. The van der Waals surface area contributed by atoms with Crippen LogP contribution in [0.2, 0.25) is 5.02 Å². The van der Waals surface area contributed by atoms with E-state index in [1.807, 2.05) is 0 Å². The predicted octanol–water partition coefficient (Wildman–Crippen LogP) is 2.76. The van der Waals surface area contributed by atoms with Gasteiger partial charge in [-0.2, -0.15) is 0 Å². The van der Waals surface area contributed by atoms with E-state index in [1.165, 1.54) is 6.07 Å². The number of nitrogens with one attached hydrogen (secondary N) is 1. The molecule has 0 unspecified atom stereocenters. The molecule has 0 bridgehead atoms. The number of hydrogen-bond acceptors (Lipinski definition) is 8. The fourth-order valence-corrected chi connectivity index (χ4v) is 3.99. The molecule has 2 aromatic heterocycles. The third-order valence-electron chi connectivity index (χ3n) is 5.11. The lowest BCUT2D eigenvalue weighted by atomic mass is 10.0. The molecule has 32 heavy (non-hydrogen) atoms. The first kappa shape index (κ1) is 23.6. The number of pyridine rings is 1. The zero-order valence-corrected chi connectivity index (χ0v) is 17.8. The van der Waals surface area contributed by atoms with Crippen molar-refractivity contribution >= 4 is 34.7 Å². The Hall–Kier alpha value is -3.08. The van der Waals surface area contributed by atoms with E-state index in [0.29, 0.717) is 23.1 Å².